The molecule has 126 valence electrons. The predicted octanol–water partition coefficient (Wildman–Crippen LogP) is 0.285. The maximum atomic E-state index is 12.0. The van der Waals surface area contributed by atoms with Crippen LogP contribution in [-0.2, 0) is 25.8 Å². The fourth-order valence-corrected chi connectivity index (χ4v) is 4.26. The van der Waals surface area contributed by atoms with Crippen LogP contribution in [0.5, 0.6) is 0 Å². The molecule has 1 fully saturated rings. The molecule has 1 aliphatic heterocycles. The molecular weight excluding hydrogens is 316 g/mol. The minimum Gasteiger partial charge on any atom is -0.351 e. The van der Waals surface area contributed by atoms with Crippen LogP contribution in [0.25, 0.3) is 0 Å². The first-order chi connectivity index (χ1) is 10.9. The van der Waals surface area contributed by atoms with Crippen molar-refractivity contribution < 1.29 is 18.0 Å². The number of amides is 2. The van der Waals surface area contributed by atoms with Gasteiger partial charge in [0.25, 0.3) is 0 Å². The fraction of sp³-hybridized carbons (Fsp3) is 0.500. The minimum absolute atomic E-state index is 0.0168. The van der Waals surface area contributed by atoms with E-state index in [-0.39, 0.29) is 41.8 Å². The Morgan fingerprint density at radius 1 is 1.26 bits per heavy atom. The van der Waals surface area contributed by atoms with Gasteiger partial charge in [-0.2, -0.15) is 0 Å². The predicted molar refractivity (Wildman–Crippen MR) is 87.5 cm³/mol. The summed E-state index contributed by atoms with van der Waals surface area (Å²) < 4.78 is 22.7. The van der Waals surface area contributed by atoms with Crippen LogP contribution < -0.4 is 10.6 Å². The highest BCUT2D eigenvalue weighted by Gasteiger charge is 2.28. The molecule has 2 N–H and O–H groups in total. The Balaban J connectivity index is 1.72. The number of hydrogen-bond acceptors (Lipinski definition) is 4. The topological polar surface area (TPSA) is 92.3 Å². The lowest BCUT2D eigenvalue weighted by Gasteiger charge is -2.14. The number of nitrogens with one attached hydrogen (secondary N) is 2. The quantitative estimate of drug-likeness (QED) is 0.779. The minimum atomic E-state index is -3.02. The van der Waals surface area contributed by atoms with E-state index in [1.807, 2.05) is 37.3 Å². The highest BCUT2D eigenvalue weighted by atomic mass is 32.2. The van der Waals surface area contributed by atoms with Crippen molar-refractivity contribution >= 4 is 21.7 Å². The maximum Gasteiger partial charge on any atom is 0.239 e. The van der Waals surface area contributed by atoms with Gasteiger partial charge < -0.3 is 10.6 Å². The first kappa shape index (κ1) is 17.5. The molecule has 1 aromatic carbocycles. The third kappa shape index (κ3) is 5.67. The summed E-state index contributed by atoms with van der Waals surface area (Å²) in [4.78, 5) is 23.8. The molecule has 0 bridgehead atoms. The lowest BCUT2D eigenvalue weighted by molar-refractivity contribution is -0.128. The summed E-state index contributed by atoms with van der Waals surface area (Å²) in [6, 6.07) is 9.33. The third-order valence-electron chi connectivity index (χ3n) is 3.85. The van der Waals surface area contributed by atoms with Crippen LogP contribution in [-0.4, -0.2) is 44.3 Å². The van der Waals surface area contributed by atoms with E-state index in [1.165, 1.54) is 0 Å². The van der Waals surface area contributed by atoms with Crippen LogP contribution in [0.4, 0.5) is 0 Å². The average molecular weight is 338 g/mol. The van der Waals surface area contributed by atoms with E-state index in [9.17, 15) is 18.0 Å². The molecule has 2 rings (SSSR count). The molecule has 1 aromatic rings. The molecular formula is C16H22N2O4S. The second-order valence-electron chi connectivity index (χ2n) is 5.98. The standard InChI is InChI=1S/C16H22N2O4S/c1-12(9-13-5-3-2-4-6-13)16(20)17-10-15(19)18-14-7-8-23(21,22)11-14/h2-6,12,14H,7-11H2,1H3,(H,17,20)(H,18,19). The first-order valence-electron chi connectivity index (χ1n) is 7.67. The Labute approximate surface area is 136 Å². The molecule has 2 unspecified atom stereocenters. The fourth-order valence-electron chi connectivity index (χ4n) is 2.59. The van der Waals surface area contributed by atoms with Gasteiger partial charge in [0.1, 0.15) is 0 Å². The summed E-state index contributed by atoms with van der Waals surface area (Å²) in [7, 11) is -3.02. The summed E-state index contributed by atoms with van der Waals surface area (Å²) >= 11 is 0. The molecule has 0 aromatic heterocycles. The molecule has 7 heteroatoms. The van der Waals surface area contributed by atoms with Gasteiger partial charge in [-0.1, -0.05) is 37.3 Å². The Hall–Kier alpha value is -1.89. The van der Waals surface area contributed by atoms with Crippen molar-refractivity contribution in [1.82, 2.24) is 10.6 Å². The Morgan fingerprint density at radius 3 is 2.57 bits per heavy atom. The maximum absolute atomic E-state index is 12.0. The second kappa shape index (κ2) is 7.59. The summed E-state index contributed by atoms with van der Waals surface area (Å²) in [6.45, 7) is 1.68. The molecule has 0 radical (unpaired) electrons. The van der Waals surface area contributed by atoms with Gasteiger partial charge >= 0.3 is 0 Å². The van der Waals surface area contributed by atoms with Gasteiger partial charge in [0.05, 0.1) is 18.1 Å². The van der Waals surface area contributed by atoms with Crippen LogP contribution in [0.1, 0.15) is 18.9 Å². The number of rotatable bonds is 6. The van der Waals surface area contributed by atoms with E-state index in [4.69, 9.17) is 0 Å². The van der Waals surface area contributed by atoms with Crippen LogP contribution in [0.15, 0.2) is 30.3 Å². The number of sulfone groups is 1. The molecule has 0 saturated carbocycles. The zero-order chi connectivity index (χ0) is 16.9. The van der Waals surface area contributed by atoms with Crippen molar-refractivity contribution in [2.45, 2.75) is 25.8 Å². The summed E-state index contributed by atoms with van der Waals surface area (Å²) in [5, 5.41) is 5.24. The lowest BCUT2D eigenvalue weighted by Crippen LogP contribution is -2.43. The third-order valence-corrected chi connectivity index (χ3v) is 5.62. The summed E-state index contributed by atoms with van der Waals surface area (Å²) in [5.74, 6) is -0.692. The van der Waals surface area contributed by atoms with Gasteiger partial charge in [0.2, 0.25) is 11.8 Å². The summed E-state index contributed by atoms with van der Waals surface area (Å²) in [5.41, 5.74) is 1.07. The van der Waals surface area contributed by atoms with Gasteiger partial charge in [-0.25, -0.2) is 8.42 Å². The highest BCUT2D eigenvalue weighted by molar-refractivity contribution is 7.91. The molecule has 2 amide bonds. The molecule has 23 heavy (non-hydrogen) atoms. The number of carbonyl (C=O) groups is 2. The first-order valence-corrected chi connectivity index (χ1v) is 9.49. The van der Waals surface area contributed by atoms with E-state index >= 15 is 0 Å². The SMILES string of the molecule is CC(Cc1ccccc1)C(=O)NCC(=O)NC1CCS(=O)(=O)C1. The average Bonchev–Trinajstić information content (AvgIpc) is 2.84. The number of carbonyl (C=O) groups excluding carboxylic acids is 2. The molecule has 0 spiro atoms. The Bertz CT molecular complexity index is 658. The normalized spacial score (nSPS) is 20.7. The van der Waals surface area contributed by atoms with Gasteiger partial charge in [0, 0.05) is 12.0 Å². The molecule has 1 saturated heterocycles. The largest absolute Gasteiger partial charge is 0.351 e. The number of hydrogen-bond donors (Lipinski definition) is 2. The van der Waals surface area contributed by atoms with E-state index in [0.29, 0.717) is 12.8 Å². The van der Waals surface area contributed by atoms with Gasteiger partial charge in [0.15, 0.2) is 9.84 Å². The van der Waals surface area contributed by atoms with Crippen molar-refractivity contribution in [3.8, 4) is 0 Å². The van der Waals surface area contributed by atoms with Gasteiger partial charge in [-0.05, 0) is 18.4 Å². The second-order valence-corrected chi connectivity index (χ2v) is 8.20. The monoisotopic (exact) mass is 338 g/mol. The highest BCUT2D eigenvalue weighted by Crippen LogP contribution is 2.11. The van der Waals surface area contributed by atoms with Gasteiger partial charge in [-0.15, -0.1) is 0 Å². The Kier molecular flexibility index (Phi) is 5.76. The molecule has 2 atom stereocenters. The van der Waals surface area contributed by atoms with Crippen LogP contribution in [0.3, 0.4) is 0 Å². The zero-order valence-corrected chi connectivity index (χ0v) is 13.9. The van der Waals surface area contributed by atoms with Crippen LogP contribution >= 0.6 is 0 Å². The van der Waals surface area contributed by atoms with Crippen LogP contribution in [0.2, 0.25) is 0 Å². The molecule has 1 aliphatic rings. The van der Waals surface area contributed by atoms with E-state index < -0.39 is 9.84 Å². The van der Waals surface area contributed by atoms with E-state index in [0.717, 1.165) is 5.56 Å². The molecule has 6 nitrogen and oxygen atoms in total. The summed E-state index contributed by atoms with van der Waals surface area (Å²) in [6.07, 6.45) is 1.04. The molecule has 0 aliphatic carbocycles. The zero-order valence-electron chi connectivity index (χ0n) is 13.1. The van der Waals surface area contributed by atoms with Gasteiger partial charge in [-0.3, -0.25) is 9.59 Å². The van der Waals surface area contributed by atoms with Crippen LogP contribution in [0, 0.1) is 5.92 Å². The number of benzene rings is 1. The van der Waals surface area contributed by atoms with E-state index in [2.05, 4.69) is 10.6 Å². The van der Waals surface area contributed by atoms with Crippen molar-refractivity contribution in [1.29, 1.82) is 0 Å². The molecule has 1 heterocycles. The Morgan fingerprint density at radius 2 is 1.96 bits per heavy atom. The van der Waals surface area contributed by atoms with Crippen molar-refractivity contribution in [3.63, 3.8) is 0 Å². The van der Waals surface area contributed by atoms with Crippen molar-refractivity contribution in [3.05, 3.63) is 35.9 Å². The van der Waals surface area contributed by atoms with Crippen molar-refractivity contribution in [2.24, 2.45) is 5.92 Å². The lowest BCUT2D eigenvalue weighted by atomic mass is 10.0. The van der Waals surface area contributed by atoms with E-state index in [1.54, 1.807) is 0 Å². The smallest absolute Gasteiger partial charge is 0.239 e. The van der Waals surface area contributed by atoms with Crippen molar-refractivity contribution in [2.75, 3.05) is 18.1 Å².